The highest BCUT2D eigenvalue weighted by Gasteiger charge is 2.05. The molecule has 2 aromatic carbocycles. The van der Waals surface area contributed by atoms with Crippen molar-refractivity contribution in [3.05, 3.63) is 59.8 Å². The number of halogens is 2. The van der Waals surface area contributed by atoms with Crippen LogP contribution in [0.3, 0.4) is 0 Å². The van der Waals surface area contributed by atoms with E-state index in [0.717, 1.165) is 16.6 Å². The second kappa shape index (κ2) is 7.13. The molecule has 0 saturated carbocycles. The van der Waals surface area contributed by atoms with Crippen molar-refractivity contribution in [3.63, 3.8) is 0 Å². The average Bonchev–Trinajstić information content (AvgIpc) is 2.90. The molecule has 6 N–H and O–H groups in total. The average molecular weight is 351 g/mol. The van der Waals surface area contributed by atoms with Crippen LogP contribution in [-0.4, -0.2) is 21.5 Å². The van der Waals surface area contributed by atoms with E-state index in [1.54, 1.807) is 22.9 Å². The third kappa shape index (κ3) is 3.61. The minimum atomic E-state index is 0. The molecule has 6 nitrogen and oxygen atoms in total. The Hall–Kier alpha value is -2.57. The van der Waals surface area contributed by atoms with Crippen molar-refractivity contribution in [2.45, 2.75) is 0 Å². The van der Waals surface area contributed by atoms with Gasteiger partial charge in [-0.25, -0.2) is 4.68 Å². The van der Waals surface area contributed by atoms with E-state index in [2.05, 4.69) is 5.10 Å². The number of nitrogens with two attached hydrogens (primary N) is 2. The maximum Gasteiger partial charge on any atom is 0.122 e. The van der Waals surface area contributed by atoms with Crippen LogP contribution in [0.25, 0.3) is 16.6 Å². The predicted molar refractivity (Wildman–Crippen MR) is 97.6 cm³/mol. The van der Waals surface area contributed by atoms with Crippen molar-refractivity contribution < 1.29 is 0 Å². The molecule has 0 aliphatic carbocycles. The van der Waals surface area contributed by atoms with Crippen molar-refractivity contribution >= 4 is 47.4 Å². The van der Waals surface area contributed by atoms with Gasteiger partial charge in [-0.15, -0.1) is 24.8 Å². The number of nitrogens with zero attached hydrogens (tertiary/aromatic N) is 2. The first-order chi connectivity index (χ1) is 10.0. The standard InChI is InChI=1S/C15H14N6.2ClH/c16-14(17)9-1-4-12(5-2-9)21-8-11-7-10(15(18)19)3-6-13(11)20-21;;/h1-8H,(H3,16,17)(H3,18,19);2*1H. The maximum atomic E-state index is 7.46. The molecule has 0 spiro atoms. The molecular formula is C15H16Cl2N6. The van der Waals surface area contributed by atoms with Crippen LogP contribution in [0.4, 0.5) is 0 Å². The van der Waals surface area contributed by atoms with Gasteiger partial charge in [-0.1, -0.05) is 0 Å². The van der Waals surface area contributed by atoms with Gasteiger partial charge in [0.05, 0.1) is 11.2 Å². The van der Waals surface area contributed by atoms with Gasteiger partial charge in [-0.3, -0.25) is 10.8 Å². The van der Waals surface area contributed by atoms with Crippen LogP contribution in [0, 0.1) is 10.8 Å². The number of amidine groups is 2. The number of rotatable bonds is 3. The summed E-state index contributed by atoms with van der Waals surface area (Å²) in [5.41, 5.74) is 14.0. The fourth-order valence-electron chi connectivity index (χ4n) is 2.12. The predicted octanol–water partition coefficient (Wildman–Crippen LogP) is 2.44. The Morgan fingerprint density at radius 2 is 1.43 bits per heavy atom. The summed E-state index contributed by atoms with van der Waals surface area (Å²) in [4.78, 5) is 0. The summed E-state index contributed by atoms with van der Waals surface area (Å²) in [6.07, 6.45) is 1.88. The summed E-state index contributed by atoms with van der Waals surface area (Å²) < 4.78 is 1.75. The number of benzene rings is 2. The summed E-state index contributed by atoms with van der Waals surface area (Å²) in [5, 5.41) is 20.2. The summed E-state index contributed by atoms with van der Waals surface area (Å²) in [5.74, 6) is 0.0775. The number of fused-ring (bicyclic) bond motifs is 1. The van der Waals surface area contributed by atoms with E-state index in [0.29, 0.717) is 11.1 Å². The maximum absolute atomic E-state index is 7.46. The van der Waals surface area contributed by atoms with Gasteiger partial charge in [0.1, 0.15) is 11.7 Å². The van der Waals surface area contributed by atoms with E-state index in [-0.39, 0.29) is 36.5 Å². The fourth-order valence-corrected chi connectivity index (χ4v) is 2.12. The van der Waals surface area contributed by atoms with Gasteiger partial charge >= 0.3 is 0 Å². The van der Waals surface area contributed by atoms with Crippen LogP contribution >= 0.6 is 24.8 Å². The molecule has 0 fully saturated rings. The van der Waals surface area contributed by atoms with Crippen molar-refractivity contribution in [2.24, 2.45) is 11.5 Å². The molecule has 0 amide bonds. The largest absolute Gasteiger partial charge is 0.384 e. The number of nitrogens with one attached hydrogen (secondary N) is 2. The molecule has 0 unspecified atom stereocenters. The van der Waals surface area contributed by atoms with Crippen LogP contribution in [-0.2, 0) is 0 Å². The zero-order valence-electron chi connectivity index (χ0n) is 12.0. The van der Waals surface area contributed by atoms with Gasteiger partial charge in [0.15, 0.2) is 0 Å². The van der Waals surface area contributed by atoms with Crippen molar-refractivity contribution in [1.29, 1.82) is 10.8 Å². The quantitative estimate of drug-likeness (QED) is 0.429. The number of hydrogen-bond donors (Lipinski definition) is 4. The minimum Gasteiger partial charge on any atom is -0.384 e. The first-order valence-electron chi connectivity index (χ1n) is 6.33. The Morgan fingerprint density at radius 3 is 2.00 bits per heavy atom. The highest BCUT2D eigenvalue weighted by molar-refractivity contribution is 5.98. The first-order valence-corrected chi connectivity index (χ1v) is 6.33. The summed E-state index contributed by atoms with van der Waals surface area (Å²) in [7, 11) is 0. The minimum absolute atomic E-state index is 0. The Kier molecular flexibility index (Phi) is 5.73. The Labute approximate surface area is 145 Å². The molecule has 1 heterocycles. The summed E-state index contributed by atoms with van der Waals surface area (Å²) in [6, 6.07) is 12.7. The lowest BCUT2D eigenvalue weighted by atomic mass is 10.1. The van der Waals surface area contributed by atoms with E-state index in [9.17, 15) is 0 Å². The molecular weight excluding hydrogens is 335 g/mol. The van der Waals surface area contributed by atoms with E-state index in [4.69, 9.17) is 22.3 Å². The molecule has 8 heteroatoms. The molecule has 0 aliphatic heterocycles. The molecule has 0 bridgehead atoms. The lowest BCUT2D eigenvalue weighted by Crippen LogP contribution is -2.10. The fraction of sp³-hybridized carbons (Fsp3) is 0. The molecule has 3 rings (SSSR count). The second-order valence-electron chi connectivity index (χ2n) is 4.72. The Balaban J connectivity index is 0.00000132. The smallest absolute Gasteiger partial charge is 0.122 e. The number of nitrogen functional groups attached to an aromatic ring is 2. The van der Waals surface area contributed by atoms with Gasteiger partial charge in [-0.2, -0.15) is 5.10 Å². The molecule has 120 valence electrons. The van der Waals surface area contributed by atoms with E-state index >= 15 is 0 Å². The monoisotopic (exact) mass is 350 g/mol. The van der Waals surface area contributed by atoms with Crippen molar-refractivity contribution in [1.82, 2.24) is 9.78 Å². The molecule has 3 aromatic rings. The van der Waals surface area contributed by atoms with E-state index in [1.165, 1.54) is 0 Å². The Bertz CT molecular complexity index is 854. The zero-order chi connectivity index (χ0) is 15.0. The van der Waals surface area contributed by atoms with E-state index < -0.39 is 0 Å². The van der Waals surface area contributed by atoms with Crippen LogP contribution < -0.4 is 11.5 Å². The van der Waals surface area contributed by atoms with Gasteiger partial charge in [0.25, 0.3) is 0 Å². The molecule has 0 atom stereocenters. The SMILES string of the molecule is Cl.Cl.N=C(N)c1ccc(-n2cc3cc(C(=N)N)ccc3n2)cc1. The lowest BCUT2D eigenvalue weighted by molar-refractivity contribution is 0.896. The van der Waals surface area contributed by atoms with E-state index in [1.807, 2.05) is 30.5 Å². The highest BCUT2D eigenvalue weighted by atomic mass is 35.5. The summed E-state index contributed by atoms with van der Waals surface area (Å²) >= 11 is 0. The van der Waals surface area contributed by atoms with Crippen LogP contribution in [0.2, 0.25) is 0 Å². The van der Waals surface area contributed by atoms with Crippen LogP contribution in [0.15, 0.2) is 48.7 Å². The van der Waals surface area contributed by atoms with Gasteiger partial charge < -0.3 is 11.5 Å². The second-order valence-corrected chi connectivity index (χ2v) is 4.72. The van der Waals surface area contributed by atoms with Crippen LogP contribution in [0.5, 0.6) is 0 Å². The first kappa shape index (κ1) is 18.5. The zero-order valence-corrected chi connectivity index (χ0v) is 13.6. The molecule has 0 aliphatic rings. The normalized spacial score (nSPS) is 9.74. The third-order valence-corrected chi connectivity index (χ3v) is 3.26. The molecule has 23 heavy (non-hydrogen) atoms. The van der Waals surface area contributed by atoms with Crippen molar-refractivity contribution in [3.8, 4) is 5.69 Å². The Morgan fingerprint density at radius 1 is 0.870 bits per heavy atom. The van der Waals surface area contributed by atoms with Gasteiger partial charge in [0, 0.05) is 22.7 Å². The summed E-state index contributed by atoms with van der Waals surface area (Å²) in [6.45, 7) is 0. The molecule has 1 aromatic heterocycles. The topological polar surface area (TPSA) is 118 Å². The van der Waals surface area contributed by atoms with Crippen LogP contribution in [0.1, 0.15) is 11.1 Å². The van der Waals surface area contributed by atoms with Gasteiger partial charge in [0.2, 0.25) is 0 Å². The number of aromatic nitrogens is 2. The molecule has 0 saturated heterocycles. The highest BCUT2D eigenvalue weighted by Crippen LogP contribution is 2.17. The third-order valence-electron chi connectivity index (χ3n) is 3.26. The van der Waals surface area contributed by atoms with Crippen molar-refractivity contribution in [2.75, 3.05) is 0 Å². The number of hydrogen-bond acceptors (Lipinski definition) is 3. The lowest BCUT2D eigenvalue weighted by Gasteiger charge is -2.02. The van der Waals surface area contributed by atoms with Gasteiger partial charge in [-0.05, 0) is 42.5 Å². The molecule has 0 radical (unpaired) electrons.